The van der Waals surface area contributed by atoms with E-state index in [0.29, 0.717) is 12.1 Å². The Balaban J connectivity index is 2.88. The lowest BCUT2D eigenvalue weighted by molar-refractivity contribution is -0.387. The first-order valence-electron chi connectivity index (χ1n) is 4.82. The Morgan fingerprint density at radius 1 is 1.47 bits per heavy atom. The average Bonchev–Trinajstić information content (AvgIpc) is 2.28. The smallest absolute Gasteiger partial charge is 0.307 e. The van der Waals surface area contributed by atoms with E-state index in [1.54, 1.807) is 6.92 Å². The van der Waals surface area contributed by atoms with Crippen LogP contribution in [0, 0.1) is 27.7 Å². The van der Waals surface area contributed by atoms with E-state index >= 15 is 0 Å². The number of ether oxygens (including phenoxy) is 1. The number of hydrogen-bond donors (Lipinski definition) is 1. The number of nitro benzene ring substituents is 1. The highest BCUT2D eigenvalue weighted by Gasteiger charge is 2.19. The van der Waals surface area contributed by atoms with Gasteiger partial charge in [-0.15, -0.1) is 0 Å². The number of benzene rings is 1. The first-order chi connectivity index (χ1) is 7.95. The summed E-state index contributed by atoms with van der Waals surface area (Å²) in [7, 11) is 0. The fraction of sp³-hybridized carbons (Fsp3) is 0.400. The van der Waals surface area contributed by atoms with Crippen LogP contribution in [0.4, 0.5) is 14.5 Å². The van der Waals surface area contributed by atoms with E-state index in [4.69, 9.17) is 9.84 Å². The summed E-state index contributed by atoms with van der Waals surface area (Å²) in [6.07, 6.45) is 0. The molecule has 0 fully saturated rings. The Morgan fingerprint density at radius 2 is 2.12 bits per heavy atom. The summed E-state index contributed by atoms with van der Waals surface area (Å²) >= 11 is 0. The van der Waals surface area contributed by atoms with Gasteiger partial charge in [0.25, 0.3) is 0 Å². The molecular weight excluding hydrogens is 236 g/mol. The zero-order chi connectivity index (χ0) is 13.0. The van der Waals surface area contributed by atoms with Crippen LogP contribution in [0.5, 0.6) is 5.75 Å². The molecule has 1 atom stereocenters. The summed E-state index contributed by atoms with van der Waals surface area (Å²) in [5.74, 6) is -2.83. The second kappa shape index (κ2) is 5.53. The third-order valence-electron chi connectivity index (χ3n) is 2.03. The molecule has 1 aromatic carbocycles. The van der Waals surface area contributed by atoms with Crippen LogP contribution in [0.15, 0.2) is 12.1 Å². The molecule has 0 amide bonds. The number of halogens is 2. The van der Waals surface area contributed by atoms with Crippen molar-refractivity contribution in [1.82, 2.24) is 0 Å². The van der Waals surface area contributed by atoms with Gasteiger partial charge in [-0.05, 0) is 0 Å². The predicted molar refractivity (Wildman–Crippen MR) is 54.8 cm³/mol. The summed E-state index contributed by atoms with van der Waals surface area (Å²) < 4.78 is 31.3. The van der Waals surface area contributed by atoms with Crippen molar-refractivity contribution in [3.8, 4) is 5.75 Å². The average molecular weight is 247 g/mol. The van der Waals surface area contributed by atoms with Crippen molar-refractivity contribution in [2.45, 2.75) is 6.92 Å². The van der Waals surface area contributed by atoms with Crippen LogP contribution in [0.1, 0.15) is 6.92 Å². The van der Waals surface area contributed by atoms with Gasteiger partial charge in [0.15, 0.2) is 11.6 Å². The van der Waals surface area contributed by atoms with E-state index < -0.39 is 28.0 Å². The molecular formula is C10H11F2NO4. The molecule has 0 aliphatic carbocycles. The van der Waals surface area contributed by atoms with E-state index in [0.717, 1.165) is 0 Å². The molecule has 0 aromatic heterocycles. The van der Waals surface area contributed by atoms with Gasteiger partial charge in [-0.25, -0.2) is 4.39 Å². The fourth-order valence-electron chi connectivity index (χ4n) is 1.05. The van der Waals surface area contributed by atoms with Gasteiger partial charge >= 0.3 is 5.69 Å². The van der Waals surface area contributed by atoms with Crippen molar-refractivity contribution in [2.75, 3.05) is 13.2 Å². The summed E-state index contributed by atoms with van der Waals surface area (Å²) in [6.45, 7) is 1.49. The number of aliphatic hydroxyl groups excluding tert-OH is 1. The predicted octanol–water partition coefficient (Wildman–Crippen LogP) is 1.88. The van der Waals surface area contributed by atoms with Gasteiger partial charge in [0.2, 0.25) is 5.82 Å². The van der Waals surface area contributed by atoms with Crippen molar-refractivity contribution in [2.24, 2.45) is 5.92 Å². The highest BCUT2D eigenvalue weighted by Crippen LogP contribution is 2.26. The molecule has 5 nitrogen and oxygen atoms in total. The quantitative estimate of drug-likeness (QED) is 0.636. The van der Waals surface area contributed by atoms with Crippen LogP contribution in [-0.4, -0.2) is 23.2 Å². The molecule has 7 heteroatoms. The molecule has 17 heavy (non-hydrogen) atoms. The second-order valence-corrected chi connectivity index (χ2v) is 3.59. The maximum Gasteiger partial charge on any atom is 0.307 e. The number of rotatable bonds is 5. The van der Waals surface area contributed by atoms with E-state index in [1.165, 1.54) is 0 Å². The number of nitro groups is 1. The molecule has 0 aliphatic rings. The van der Waals surface area contributed by atoms with Crippen molar-refractivity contribution < 1.29 is 23.5 Å². The van der Waals surface area contributed by atoms with Crippen LogP contribution in [0.25, 0.3) is 0 Å². The Kier molecular flexibility index (Phi) is 4.33. The van der Waals surface area contributed by atoms with Crippen molar-refractivity contribution in [1.29, 1.82) is 0 Å². The van der Waals surface area contributed by atoms with Crippen molar-refractivity contribution in [3.63, 3.8) is 0 Å². The lowest BCUT2D eigenvalue weighted by atomic mass is 10.2. The Hall–Kier alpha value is -1.76. The third kappa shape index (κ3) is 3.35. The van der Waals surface area contributed by atoms with Gasteiger partial charge in [-0.1, -0.05) is 6.92 Å². The standard InChI is InChI=1S/C10H11F2NO4/c1-6(4-14)5-17-10-3-7(11)9(13(15)16)2-8(10)12/h2-3,6,14H,4-5H2,1H3. The SMILES string of the molecule is CC(CO)COc1cc(F)c([N+](=O)[O-])cc1F. The summed E-state index contributed by atoms with van der Waals surface area (Å²) in [4.78, 5) is 9.31. The van der Waals surface area contributed by atoms with Crippen LogP contribution >= 0.6 is 0 Å². The molecule has 1 rings (SSSR count). The van der Waals surface area contributed by atoms with E-state index in [9.17, 15) is 18.9 Å². The van der Waals surface area contributed by atoms with E-state index in [2.05, 4.69) is 0 Å². The van der Waals surface area contributed by atoms with Gasteiger partial charge in [-0.3, -0.25) is 10.1 Å². The number of nitrogens with zero attached hydrogens (tertiary/aromatic N) is 1. The van der Waals surface area contributed by atoms with Gasteiger partial charge in [0.1, 0.15) is 0 Å². The minimum atomic E-state index is -1.16. The summed E-state index contributed by atoms with van der Waals surface area (Å²) in [5.41, 5.74) is -0.940. The van der Waals surface area contributed by atoms with Crippen molar-refractivity contribution in [3.05, 3.63) is 33.9 Å². The van der Waals surface area contributed by atoms with Gasteiger partial charge < -0.3 is 9.84 Å². The number of hydrogen-bond acceptors (Lipinski definition) is 4. The number of aliphatic hydroxyl groups is 1. The molecule has 1 unspecified atom stereocenters. The molecule has 0 bridgehead atoms. The van der Waals surface area contributed by atoms with Crippen LogP contribution in [0.3, 0.4) is 0 Å². The molecule has 94 valence electrons. The summed E-state index contributed by atoms with van der Waals surface area (Å²) in [6, 6.07) is 1.09. The Labute approximate surface area is 95.8 Å². The maximum atomic E-state index is 13.3. The van der Waals surface area contributed by atoms with E-state index in [1.807, 2.05) is 0 Å². The molecule has 0 radical (unpaired) electrons. The lowest BCUT2D eigenvalue weighted by Crippen LogP contribution is -2.13. The van der Waals surface area contributed by atoms with Crippen LogP contribution in [0.2, 0.25) is 0 Å². The normalized spacial score (nSPS) is 12.2. The minimum absolute atomic E-state index is 0.00926. The van der Waals surface area contributed by atoms with Gasteiger partial charge in [0.05, 0.1) is 17.6 Å². The first kappa shape index (κ1) is 13.3. The Morgan fingerprint density at radius 3 is 2.65 bits per heavy atom. The molecule has 0 aliphatic heterocycles. The zero-order valence-electron chi connectivity index (χ0n) is 9.02. The van der Waals surface area contributed by atoms with Crippen molar-refractivity contribution >= 4 is 5.69 Å². The van der Waals surface area contributed by atoms with Gasteiger partial charge in [0, 0.05) is 18.6 Å². The highest BCUT2D eigenvalue weighted by atomic mass is 19.1. The first-order valence-corrected chi connectivity index (χ1v) is 4.82. The van der Waals surface area contributed by atoms with E-state index in [-0.39, 0.29) is 19.1 Å². The largest absolute Gasteiger partial charge is 0.490 e. The monoisotopic (exact) mass is 247 g/mol. The third-order valence-corrected chi connectivity index (χ3v) is 2.03. The van der Waals surface area contributed by atoms with Gasteiger partial charge in [-0.2, -0.15) is 4.39 Å². The Bertz CT molecular complexity index is 425. The molecule has 0 saturated heterocycles. The minimum Gasteiger partial charge on any atom is -0.490 e. The lowest BCUT2D eigenvalue weighted by Gasteiger charge is -2.11. The molecule has 0 spiro atoms. The van der Waals surface area contributed by atoms with Crippen LogP contribution < -0.4 is 4.74 Å². The maximum absolute atomic E-state index is 13.3. The topological polar surface area (TPSA) is 72.6 Å². The molecule has 0 heterocycles. The molecule has 1 aromatic rings. The summed E-state index contributed by atoms with van der Waals surface area (Å²) in [5, 5.41) is 19.0. The second-order valence-electron chi connectivity index (χ2n) is 3.59. The molecule has 1 N–H and O–H groups in total. The molecule has 0 saturated carbocycles. The van der Waals surface area contributed by atoms with Crippen LogP contribution in [-0.2, 0) is 0 Å². The zero-order valence-corrected chi connectivity index (χ0v) is 9.02. The fourth-order valence-corrected chi connectivity index (χ4v) is 1.05. The highest BCUT2D eigenvalue weighted by molar-refractivity contribution is 5.39.